The fourth-order valence-electron chi connectivity index (χ4n) is 1.85. The van der Waals surface area contributed by atoms with E-state index in [1.807, 2.05) is 24.3 Å². The van der Waals surface area contributed by atoms with Gasteiger partial charge in [-0.05, 0) is 36.0 Å². The molecule has 2 N–H and O–H groups in total. The number of nitrogens with one attached hydrogen (secondary N) is 2. The summed E-state index contributed by atoms with van der Waals surface area (Å²) < 4.78 is 5.36. The van der Waals surface area contributed by atoms with E-state index in [0.717, 1.165) is 25.1 Å². The van der Waals surface area contributed by atoms with Crippen LogP contribution < -0.4 is 10.6 Å². The lowest BCUT2D eigenvalue weighted by molar-refractivity contribution is 0.132. The van der Waals surface area contributed by atoms with Gasteiger partial charge in [0.2, 0.25) is 0 Å². The van der Waals surface area contributed by atoms with Crippen LogP contribution in [0.25, 0.3) is 0 Å². The molecule has 0 spiro atoms. The quantitative estimate of drug-likeness (QED) is 0.748. The van der Waals surface area contributed by atoms with E-state index in [0.29, 0.717) is 13.2 Å². The number of urea groups is 1. The number of anilines is 1. The number of rotatable bonds is 7. The average Bonchev–Trinajstić information content (AvgIpc) is 2.42. The Morgan fingerprint density at radius 3 is 2.38 bits per heavy atom. The molecule has 0 bridgehead atoms. The molecule has 1 aromatic rings. The molecule has 0 aromatic heterocycles. The maximum atomic E-state index is 11.7. The summed E-state index contributed by atoms with van der Waals surface area (Å²) >= 11 is 0. The van der Waals surface area contributed by atoms with Crippen LogP contribution in [0.1, 0.15) is 46.1 Å². The van der Waals surface area contributed by atoms with Gasteiger partial charge in [-0.3, -0.25) is 0 Å². The van der Waals surface area contributed by atoms with Crippen LogP contribution >= 0.6 is 0 Å². The zero-order valence-corrected chi connectivity index (χ0v) is 13.7. The topological polar surface area (TPSA) is 50.4 Å². The van der Waals surface area contributed by atoms with Crippen molar-refractivity contribution < 1.29 is 9.53 Å². The largest absolute Gasteiger partial charge is 0.381 e. The van der Waals surface area contributed by atoms with Crippen molar-refractivity contribution in [2.75, 3.05) is 25.1 Å². The highest BCUT2D eigenvalue weighted by atomic mass is 16.5. The third-order valence-corrected chi connectivity index (χ3v) is 3.11. The first-order valence-electron chi connectivity index (χ1n) is 7.66. The Morgan fingerprint density at radius 1 is 1.14 bits per heavy atom. The van der Waals surface area contributed by atoms with E-state index in [1.165, 1.54) is 5.56 Å². The molecule has 0 saturated carbocycles. The van der Waals surface area contributed by atoms with Gasteiger partial charge in [0, 0.05) is 25.4 Å². The molecule has 4 nitrogen and oxygen atoms in total. The van der Waals surface area contributed by atoms with Crippen molar-refractivity contribution in [1.29, 1.82) is 0 Å². The molecule has 0 fully saturated rings. The molecule has 118 valence electrons. The van der Waals surface area contributed by atoms with Crippen LogP contribution in [0.15, 0.2) is 24.3 Å². The van der Waals surface area contributed by atoms with E-state index in [1.54, 1.807) is 0 Å². The summed E-state index contributed by atoms with van der Waals surface area (Å²) in [6.07, 6.45) is 1.86. The monoisotopic (exact) mass is 292 g/mol. The SMILES string of the molecule is CCCOCCCNC(=O)Nc1ccc(C(C)(C)C)cc1. The van der Waals surface area contributed by atoms with Gasteiger partial charge in [-0.2, -0.15) is 0 Å². The van der Waals surface area contributed by atoms with E-state index >= 15 is 0 Å². The number of carbonyl (C=O) groups is 1. The number of benzene rings is 1. The minimum atomic E-state index is -0.172. The highest BCUT2D eigenvalue weighted by Crippen LogP contribution is 2.23. The number of ether oxygens (including phenoxy) is 1. The normalized spacial score (nSPS) is 11.2. The maximum absolute atomic E-state index is 11.7. The lowest BCUT2D eigenvalue weighted by Gasteiger charge is -2.19. The zero-order chi connectivity index (χ0) is 15.7. The summed E-state index contributed by atoms with van der Waals surface area (Å²) in [4.78, 5) is 11.7. The molecule has 1 aromatic carbocycles. The number of hydrogen-bond donors (Lipinski definition) is 2. The Balaban J connectivity index is 2.28. The average molecular weight is 292 g/mol. The van der Waals surface area contributed by atoms with Crippen molar-refractivity contribution in [2.24, 2.45) is 0 Å². The summed E-state index contributed by atoms with van der Waals surface area (Å²) in [5.74, 6) is 0. The highest BCUT2D eigenvalue weighted by molar-refractivity contribution is 5.89. The van der Waals surface area contributed by atoms with Crippen molar-refractivity contribution in [1.82, 2.24) is 5.32 Å². The van der Waals surface area contributed by atoms with Crippen LogP contribution in [0.5, 0.6) is 0 Å². The van der Waals surface area contributed by atoms with Crippen molar-refractivity contribution in [3.63, 3.8) is 0 Å². The Hall–Kier alpha value is -1.55. The third-order valence-electron chi connectivity index (χ3n) is 3.11. The second-order valence-corrected chi connectivity index (χ2v) is 6.17. The van der Waals surface area contributed by atoms with Crippen LogP contribution in [-0.2, 0) is 10.2 Å². The smallest absolute Gasteiger partial charge is 0.319 e. The van der Waals surface area contributed by atoms with E-state index < -0.39 is 0 Å². The fraction of sp³-hybridized carbons (Fsp3) is 0.588. The van der Waals surface area contributed by atoms with Gasteiger partial charge >= 0.3 is 6.03 Å². The summed E-state index contributed by atoms with van der Waals surface area (Å²) in [7, 11) is 0. The minimum Gasteiger partial charge on any atom is -0.381 e. The molecule has 21 heavy (non-hydrogen) atoms. The van der Waals surface area contributed by atoms with Gasteiger partial charge < -0.3 is 15.4 Å². The minimum absolute atomic E-state index is 0.124. The van der Waals surface area contributed by atoms with Gasteiger partial charge in [-0.1, -0.05) is 39.8 Å². The predicted octanol–water partition coefficient (Wildman–Crippen LogP) is 3.92. The molecule has 2 amide bonds. The van der Waals surface area contributed by atoms with Crippen molar-refractivity contribution in [3.05, 3.63) is 29.8 Å². The molecule has 0 saturated heterocycles. The van der Waals surface area contributed by atoms with E-state index in [-0.39, 0.29) is 11.4 Å². The van der Waals surface area contributed by atoms with Gasteiger partial charge in [0.25, 0.3) is 0 Å². The van der Waals surface area contributed by atoms with Crippen LogP contribution in [0.2, 0.25) is 0 Å². The third kappa shape index (κ3) is 7.14. The molecule has 4 heteroatoms. The van der Waals surface area contributed by atoms with Crippen molar-refractivity contribution >= 4 is 11.7 Å². The van der Waals surface area contributed by atoms with Gasteiger partial charge in [-0.25, -0.2) is 4.79 Å². The Morgan fingerprint density at radius 2 is 1.81 bits per heavy atom. The first kappa shape index (κ1) is 17.5. The summed E-state index contributed by atoms with van der Waals surface area (Å²) in [6.45, 7) is 10.7. The van der Waals surface area contributed by atoms with E-state index in [2.05, 4.69) is 38.3 Å². The van der Waals surface area contributed by atoms with Crippen LogP contribution in [0, 0.1) is 0 Å². The molecular weight excluding hydrogens is 264 g/mol. The van der Waals surface area contributed by atoms with E-state index in [9.17, 15) is 4.79 Å². The first-order chi connectivity index (χ1) is 9.93. The van der Waals surface area contributed by atoms with Crippen LogP contribution in [0.3, 0.4) is 0 Å². The highest BCUT2D eigenvalue weighted by Gasteiger charge is 2.13. The van der Waals surface area contributed by atoms with Crippen molar-refractivity contribution in [3.8, 4) is 0 Å². The number of carbonyl (C=O) groups excluding carboxylic acids is 1. The Labute approximate surface area is 128 Å². The fourth-order valence-corrected chi connectivity index (χ4v) is 1.85. The molecule has 0 unspecified atom stereocenters. The van der Waals surface area contributed by atoms with Gasteiger partial charge in [0.05, 0.1) is 0 Å². The zero-order valence-electron chi connectivity index (χ0n) is 13.7. The second kappa shape index (κ2) is 8.67. The standard InChI is InChI=1S/C17H28N2O2/c1-5-12-21-13-6-11-18-16(20)19-15-9-7-14(8-10-15)17(2,3)4/h7-10H,5-6,11-13H2,1-4H3,(H2,18,19,20). The molecule has 1 rings (SSSR count). The molecule has 0 radical (unpaired) electrons. The predicted molar refractivity (Wildman–Crippen MR) is 87.9 cm³/mol. The first-order valence-corrected chi connectivity index (χ1v) is 7.66. The Kier molecular flexibility index (Phi) is 7.23. The summed E-state index contributed by atoms with van der Waals surface area (Å²) in [5.41, 5.74) is 2.18. The molecule has 0 atom stereocenters. The number of amides is 2. The lowest BCUT2D eigenvalue weighted by atomic mass is 9.87. The molecule has 0 heterocycles. The molecule has 0 aliphatic heterocycles. The molecule has 0 aliphatic rings. The van der Waals surface area contributed by atoms with Crippen LogP contribution in [-0.4, -0.2) is 25.8 Å². The van der Waals surface area contributed by atoms with Gasteiger partial charge in [0.1, 0.15) is 0 Å². The maximum Gasteiger partial charge on any atom is 0.319 e. The van der Waals surface area contributed by atoms with Crippen LogP contribution in [0.4, 0.5) is 10.5 Å². The van der Waals surface area contributed by atoms with Crippen molar-refractivity contribution in [2.45, 2.75) is 46.0 Å². The number of hydrogen-bond acceptors (Lipinski definition) is 2. The lowest BCUT2D eigenvalue weighted by Crippen LogP contribution is -2.30. The van der Waals surface area contributed by atoms with Gasteiger partial charge in [0.15, 0.2) is 0 Å². The molecular formula is C17H28N2O2. The Bertz CT molecular complexity index is 421. The second-order valence-electron chi connectivity index (χ2n) is 6.17. The molecule has 0 aliphatic carbocycles. The van der Waals surface area contributed by atoms with E-state index in [4.69, 9.17) is 4.74 Å². The summed E-state index contributed by atoms with van der Waals surface area (Å²) in [5, 5.41) is 5.65. The summed E-state index contributed by atoms with van der Waals surface area (Å²) in [6, 6.07) is 7.80. The van der Waals surface area contributed by atoms with Gasteiger partial charge in [-0.15, -0.1) is 0 Å².